The van der Waals surface area contributed by atoms with E-state index in [9.17, 15) is 22.7 Å². The Kier molecular flexibility index (Phi) is 5.08. The molecule has 0 radical (unpaired) electrons. The maximum absolute atomic E-state index is 13.7. The molecule has 0 spiro atoms. The highest BCUT2D eigenvalue weighted by Gasteiger charge is 2.16. The predicted molar refractivity (Wildman–Crippen MR) is 86.7 cm³/mol. The zero-order valence-electron chi connectivity index (χ0n) is 13.0. The number of rotatable bonds is 5. The lowest BCUT2D eigenvalue weighted by molar-refractivity contribution is 0.102. The molecule has 8 heteroatoms. The van der Waals surface area contributed by atoms with E-state index in [1.54, 1.807) is 0 Å². The van der Waals surface area contributed by atoms with E-state index in [-0.39, 0.29) is 33.4 Å². The molecule has 0 aliphatic carbocycles. The van der Waals surface area contributed by atoms with Gasteiger partial charge in [-0.2, -0.15) is 0 Å². The van der Waals surface area contributed by atoms with Gasteiger partial charge in [0, 0.05) is 5.56 Å². The summed E-state index contributed by atoms with van der Waals surface area (Å²) in [7, 11) is -2.19. The Morgan fingerprint density at radius 2 is 1.96 bits per heavy atom. The molecule has 0 saturated carbocycles. The fourth-order valence-corrected chi connectivity index (χ4v) is 2.88. The quantitative estimate of drug-likeness (QED) is 0.806. The first kappa shape index (κ1) is 17.7. The van der Waals surface area contributed by atoms with Crippen LogP contribution in [0.25, 0.3) is 0 Å². The minimum atomic E-state index is -3.49. The monoisotopic (exact) mass is 353 g/mol. The van der Waals surface area contributed by atoms with Crippen LogP contribution in [0.1, 0.15) is 17.3 Å². The summed E-state index contributed by atoms with van der Waals surface area (Å²) in [5.74, 6) is -1.83. The normalized spacial score (nSPS) is 11.1. The van der Waals surface area contributed by atoms with Crippen molar-refractivity contribution < 1.29 is 27.4 Å². The van der Waals surface area contributed by atoms with Gasteiger partial charge in [0.05, 0.1) is 23.4 Å². The third-order valence-corrected chi connectivity index (χ3v) is 5.10. The minimum absolute atomic E-state index is 0.00329. The molecule has 0 bridgehead atoms. The lowest BCUT2D eigenvalue weighted by Crippen LogP contribution is -2.13. The Balaban J connectivity index is 2.32. The number of carbonyl (C=O) groups is 1. The van der Waals surface area contributed by atoms with E-state index in [1.807, 2.05) is 0 Å². The van der Waals surface area contributed by atoms with Crippen molar-refractivity contribution in [3.63, 3.8) is 0 Å². The van der Waals surface area contributed by atoms with E-state index in [2.05, 4.69) is 5.32 Å². The molecule has 1 amide bonds. The second kappa shape index (κ2) is 6.88. The molecule has 0 fully saturated rings. The van der Waals surface area contributed by atoms with Crippen molar-refractivity contribution >= 4 is 21.4 Å². The van der Waals surface area contributed by atoms with E-state index in [0.717, 1.165) is 12.1 Å². The molecule has 2 N–H and O–H groups in total. The number of amides is 1. The zero-order valence-corrected chi connectivity index (χ0v) is 13.9. The second-order valence-corrected chi connectivity index (χ2v) is 7.16. The smallest absolute Gasteiger partial charge is 0.255 e. The van der Waals surface area contributed by atoms with Gasteiger partial charge in [0.2, 0.25) is 0 Å². The number of sulfone groups is 1. The van der Waals surface area contributed by atoms with Gasteiger partial charge in [0.1, 0.15) is 5.75 Å². The fourth-order valence-electron chi connectivity index (χ4n) is 1.98. The van der Waals surface area contributed by atoms with Crippen LogP contribution in [-0.4, -0.2) is 32.3 Å². The van der Waals surface area contributed by atoms with E-state index in [4.69, 9.17) is 4.74 Å². The number of phenols is 1. The summed E-state index contributed by atoms with van der Waals surface area (Å²) in [6.07, 6.45) is 0. The van der Waals surface area contributed by atoms with Crippen LogP contribution in [0.4, 0.5) is 10.1 Å². The largest absolute Gasteiger partial charge is 0.506 e. The molecule has 0 aliphatic heterocycles. The molecule has 2 aromatic carbocycles. The molecule has 0 unspecified atom stereocenters. The van der Waals surface area contributed by atoms with Crippen LogP contribution in [0.15, 0.2) is 41.3 Å². The summed E-state index contributed by atoms with van der Waals surface area (Å²) in [5, 5.41) is 12.2. The van der Waals surface area contributed by atoms with Gasteiger partial charge in [0.25, 0.3) is 5.91 Å². The molecule has 2 rings (SSSR count). The lowest BCUT2D eigenvalue weighted by atomic mass is 10.2. The van der Waals surface area contributed by atoms with Crippen molar-refractivity contribution in [2.75, 3.05) is 18.2 Å². The molecule has 0 saturated heterocycles. The highest BCUT2D eigenvalue weighted by atomic mass is 32.2. The van der Waals surface area contributed by atoms with Gasteiger partial charge >= 0.3 is 0 Å². The molecule has 2 aromatic rings. The van der Waals surface area contributed by atoms with Crippen LogP contribution in [0.5, 0.6) is 11.5 Å². The number of benzene rings is 2. The van der Waals surface area contributed by atoms with E-state index in [0.29, 0.717) is 0 Å². The fraction of sp³-hybridized carbons (Fsp3) is 0.188. The summed E-state index contributed by atoms with van der Waals surface area (Å²) >= 11 is 0. The maximum atomic E-state index is 13.7. The van der Waals surface area contributed by atoms with Crippen LogP contribution >= 0.6 is 0 Å². The summed E-state index contributed by atoms with van der Waals surface area (Å²) in [6, 6.07) is 7.20. The van der Waals surface area contributed by atoms with Crippen molar-refractivity contribution in [2.45, 2.75) is 11.8 Å². The predicted octanol–water partition coefficient (Wildman–Crippen LogP) is 2.59. The number of aromatic hydroxyl groups is 1. The van der Waals surface area contributed by atoms with Crippen molar-refractivity contribution in [1.82, 2.24) is 0 Å². The Bertz CT molecular complexity index is 880. The number of hydrogen-bond acceptors (Lipinski definition) is 5. The summed E-state index contributed by atoms with van der Waals surface area (Å²) in [6.45, 7) is 1.49. The standard InChI is InChI=1S/C16H16FNO5S/c1-3-24(21,22)11-5-6-14(19)13(9-11)18-16(20)10-4-7-15(23-2)12(17)8-10/h4-9,19H,3H2,1-2H3,(H,18,20). The highest BCUT2D eigenvalue weighted by Crippen LogP contribution is 2.28. The van der Waals surface area contributed by atoms with Gasteiger partial charge in [-0.25, -0.2) is 12.8 Å². The number of phenolic OH excluding ortho intramolecular Hbond substituents is 1. The minimum Gasteiger partial charge on any atom is -0.506 e. The first-order valence-corrected chi connectivity index (χ1v) is 8.64. The summed E-state index contributed by atoms with van der Waals surface area (Å²) in [5.41, 5.74) is -0.0813. The average molecular weight is 353 g/mol. The highest BCUT2D eigenvalue weighted by molar-refractivity contribution is 7.91. The third kappa shape index (κ3) is 3.65. The van der Waals surface area contributed by atoms with E-state index < -0.39 is 21.6 Å². The first-order valence-electron chi connectivity index (χ1n) is 6.99. The van der Waals surface area contributed by atoms with Crippen LogP contribution in [0.2, 0.25) is 0 Å². The van der Waals surface area contributed by atoms with Crippen molar-refractivity contribution in [2.24, 2.45) is 0 Å². The van der Waals surface area contributed by atoms with Gasteiger partial charge < -0.3 is 15.2 Å². The number of hydrogen-bond donors (Lipinski definition) is 2. The first-order chi connectivity index (χ1) is 11.3. The Labute approximate surface area is 138 Å². The molecular formula is C16H16FNO5S. The van der Waals surface area contributed by atoms with Crippen molar-refractivity contribution in [3.05, 3.63) is 47.8 Å². The molecule has 0 aliphatic rings. The van der Waals surface area contributed by atoms with E-state index >= 15 is 0 Å². The third-order valence-electron chi connectivity index (χ3n) is 3.37. The molecule has 6 nitrogen and oxygen atoms in total. The van der Waals surface area contributed by atoms with Crippen molar-refractivity contribution in [3.8, 4) is 11.5 Å². The molecule has 24 heavy (non-hydrogen) atoms. The number of halogens is 1. The zero-order chi connectivity index (χ0) is 17.9. The summed E-state index contributed by atoms with van der Waals surface area (Å²) in [4.78, 5) is 12.1. The number of methoxy groups -OCH3 is 1. The Hall–Kier alpha value is -2.61. The average Bonchev–Trinajstić information content (AvgIpc) is 2.56. The SMILES string of the molecule is CCS(=O)(=O)c1ccc(O)c(NC(=O)c2ccc(OC)c(F)c2)c1. The maximum Gasteiger partial charge on any atom is 0.255 e. The molecule has 0 aromatic heterocycles. The Morgan fingerprint density at radius 1 is 1.25 bits per heavy atom. The van der Waals surface area contributed by atoms with Gasteiger partial charge in [-0.05, 0) is 36.4 Å². The number of carbonyl (C=O) groups excluding carboxylic acids is 1. The van der Waals surface area contributed by atoms with E-state index in [1.165, 1.54) is 38.3 Å². The van der Waals surface area contributed by atoms with Gasteiger partial charge in [-0.3, -0.25) is 4.79 Å². The topological polar surface area (TPSA) is 92.7 Å². The van der Waals surface area contributed by atoms with Gasteiger partial charge in [-0.1, -0.05) is 6.92 Å². The van der Waals surface area contributed by atoms with Crippen LogP contribution in [0, 0.1) is 5.82 Å². The molecule has 0 atom stereocenters. The Morgan fingerprint density at radius 3 is 2.54 bits per heavy atom. The number of anilines is 1. The molecule has 128 valence electrons. The van der Waals surface area contributed by atoms with Crippen LogP contribution < -0.4 is 10.1 Å². The second-order valence-electron chi connectivity index (χ2n) is 4.89. The van der Waals surface area contributed by atoms with Gasteiger partial charge in [0.15, 0.2) is 21.4 Å². The number of nitrogens with one attached hydrogen (secondary N) is 1. The van der Waals surface area contributed by atoms with Crippen LogP contribution in [-0.2, 0) is 9.84 Å². The number of ether oxygens (including phenoxy) is 1. The van der Waals surface area contributed by atoms with Crippen LogP contribution in [0.3, 0.4) is 0 Å². The van der Waals surface area contributed by atoms with Crippen molar-refractivity contribution in [1.29, 1.82) is 0 Å². The molecular weight excluding hydrogens is 337 g/mol. The molecule has 0 heterocycles. The summed E-state index contributed by atoms with van der Waals surface area (Å²) < 4.78 is 42.2. The van der Waals surface area contributed by atoms with Gasteiger partial charge in [-0.15, -0.1) is 0 Å². The lowest BCUT2D eigenvalue weighted by Gasteiger charge is -2.10.